The summed E-state index contributed by atoms with van der Waals surface area (Å²) in [6.07, 6.45) is 13.6. The number of benzene rings is 2. The van der Waals surface area contributed by atoms with Gasteiger partial charge in [-0.1, -0.05) is 119 Å². The van der Waals surface area contributed by atoms with Crippen LogP contribution < -0.4 is 0 Å². The number of nitriles is 2. The van der Waals surface area contributed by atoms with Crippen molar-refractivity contribution in [1.29, 1.82) is 10.5 Å². The molecule has 0 unspecified atom stereocenters. The highest BCUT2D eigenvalue weighted by atomic mass is 32.1. The maximum Gasteiger partial charge on any atom is 0.187 e. The molecule has 39 heavy (non-hydrogen) atoms. The fourth-order valence-electron chi connectivity index (χ4n) is 4.94. The van der Waals surface area contributed by atoms with Crippen molar-refractivity contribution in [1.82, 2.24) is 0 Å². The minimum atomic E-state index is -0.309. The van der Waals surface area contributed by atoms with E-state index in [0.717, 1.165) is 35.3 Å². The van der Waals surface area contributed by atoms with Gasteiger partial charge in [-0.05, 0) is 29.5 Å². The van der Waals surface area contributed by atoms with E-state index in [-0.39, 0.29) is 24.4 Å². The number of Topliss-reactive ketones (excluding diaryl/α,β-unsaturated/α-hetero) is 2. The van der Waals surface area contributed by atoms with Gasteiger partial charge in [-0.25, -0.2) is 0 Å². The van der Waals surface area contributed by atoms with Crippen molar-refractivity contribution < 1.29 is 9.59 Å². The van der Waals surface area contributed by atoms with Crippen LogP contribution in [0.1, 0.15) is 109 Å². The molecular weight excluding hydrogens is 500 g/mol. The predicted octanol–water partition coefficient (Wildman–Crippen LogP) is 9.74. The number of unbranched alkanes of at least 4 members (excludes halogenated alkanes) is 9. The summed E-state index contributed by atoms with van der Waals surface area (Å²) in [5.41, 5.74) is 4.26. The maximum absolute atomic E-state index is 13.0. The molecule has 4 nitrogen and oxygen atoms in total. The van der Waals surface area contributed by atoms with Gasteiger partial charge in [0.2, 0.25) is 0 Å². The van der Waals surface area contributed by atoms with Crippen LogP contribution in [0.15, 0.2) is 54.6 Å². The van der Waals surface area contributed by atoms with Crippen LogP contribution in [0.2, 0.25) is 0 Å². The van der Waals surface area contributed by atoms with Crippen LogP contribution >= 0.6 is 11.3 Å². The normalized spacial score (nSPS) is 10.6. The van der Waals surface area contributed by atoms with Crippen LogP contribution in [-0.2, 0) is 6.42 Å². The summed E-state index contributed by atoms with van der Waals surface area (Å²) in [7, 11) is 0. The summed E-state index contributed by atoms with van der Waals surface area (Å²) in [4.78, 5) is 26.8. The first kappa shape index (κ1) is 30.0. The van der Waals surface area contributed by atoms with Gasteiger partial charge < -0.3 is 0 Å². The molecule has 0 saturated carbocycles. The van der Waals surface area contributed by atoms with E-state index in [0.29, 0.717) is 20.9 Å². The van der Waals surface area contributed by atoms with Crippen LogP contribution in [0, 0.1) is 22.7 Å². The average Bonchev–Trinajstić information content (AvgIpc) is 3.36. The Kier molecular flexibility index (Phi) is 12.6. The van der Waals surface area contributed by atoms with E-state index in [1.54, 1.807) is 0 Å². The summed E-state index contributed by atoms with van der Waals surface area (Å²) in [5, 5.41) is 18.4. The molecule has 1 heterocycles. The molecule has 2 aromatic carbocycles. The van der Waals surface area contributed by atoms with E-state index in [1.165, 1.54) is 63.4 Å². The van der Waals surface area contributed by atoms with E-state index in [9.17, 15) is 20.1 Å². The van der Waals surface area contributed by atoms with E-state index in [2.05, 4.69) is 19.1 Å². The van der Waals surface area contributed by atoms with E-state index in [1.807, 2.05) is 54.6 Å². The Balaban J connectivity index is 1.77. The number of rotatable bonds is 17. The van der Waals surface area contributed by atoms with Gasteiger partial charge in [0.15, 0.2) is 11.6 Å². The molecule has 0 saturated heterocycles. The lowest BCUT2D eigenvalue weighted by Gasteiger charge is -2.10. The van der Waals surface area contributed by atoms with E-state index >= 15 is 0 Å². The highest BCUT2D eigenvalue weighted by molar-refractivity contribution is 7.17. The summed E-state index contributed by atoms with van der Waals surface area (Å²) in [6, 6.07) is 21.6. The van der Waals surface area contributed by atoms with Gasteiger partial charge >= 0.3 is 0 Å². The Bertz CT molecular complexity index is 1290. The van der Waals surface area contributed by atoms with Crippen LogP contribution in [0.25, 0.3) is 22.3 Å². The molecule has 0 N–H and O–H groups in total. The second kappa shape index (κ2) is 16.4. The highest BCUT2D eigenvalue weighted by Crippen LogP contribution is 2.44. The molecule has 3 rings (SSSR count). The minimum Gasteiger partial charge on any atom is -0.292 e. The monoisotopic (exact) mass is 538 g/mol. The van der Waals surface area contributed by atoms with Crippen molar-refractivity contribution in [3.8, 4) is 34.4 Å². The third-order valence-electron chi connectivity index (χ3n) is 7.02. The molecule has 0 spiro atoms. The van der Waals surface area contributed by atoms with E-state index < -0.39 is 0 Å². The molecular formula is C34H38N2O2S. The van der Waals surface area contributed by atoms with Gasteiger partial charge in [-0.2, -0.15) is 10.5 Å². The molecule has 202 valence electrons. The maximum atomic E-state index is 13.0. The first-order valence-corrected chi connectivity index (χ1v) is 15.0. The molecule has 0 fully saturated rings. The van der Waals surface area contributed by atoms with Gasteiger partial charge in [0.05, 0.1) is 34.7 Å². The Morgan fingerprint density at radius 3 is 1.59 bits per heavy atom. The van der Waals surface area contributed by atoms with Crippen molar-refractivity contribution >= 4 is 22.9 Å². The number of thiophene rings is 1. The Labute approximate surface area is 237 Å². The lowest BCUT2D eigenvalue weighted by molar-refractivity contribution is 0.0995. The summed E-state index contributed by atoms with van der Waals surface area (Å²) in [6.45, 7) is 2.25. The Hall–Kier alpha value is -3.54. The number of aryl methyl sites for hydroxylation is 1. The summed E-state index contributed by atoms with van der Waals surface area (Å²) >= 11 is 1.10. The fourth-order valence-corrected chi connectivity index (χ4v) is 6.16. The molecule has 5 heteroatoms. The van der Waals surface area contributed by atoms with Gasteiger partial charge in [0.1, 0.15) is 0 Å². The number of ketones is 2. The van der Waals surface area contributed by atoms with Crippen molar-refractivity contribution in [3.05, 3.63) is 69.9 Å². The molecule has 0 amide bonds. The SMILES string of the molecule is CCCCCCCCCCCCc1ccc(-c2c(C(=O)CC#N)sc(C(=O)CC#N)c2-c2ccccc2)cc1. The molecule has 0 atom stereocenters. The number of carbonyl (C=O) groups excluding carboxylic acids is 2. The Morgan fingerprint density at radius 1 is 0.641 bits per heavy atom. The van der Waals surface area contributed by atoms with Gasteiger partial charge in [0.25, 0.3) is 0 Å². The molecule has 0 aliphatic carbocycles. The number of hydrogen-bond donors (Lipinski definition) is 0. The van der Waals surface area contributed by atoms with E-state index in [4.69, 9.17) is 0 Å². The second-order valence-electron chi connectivity index (χ2n) is 10.0. The molecule has 0 aliphatic heterocycles. The minimum absolute atomic E-state index is 0.259. The Morgan fingerprint density at radius 2 is 1.10 bits per heavy atom. The molecule has 0 bridgehead atoms. The van der Waals surface area contributed by atoms with Crippen molar-refractivity contribution in [2.45, 2.75) is 90.4 Å². The zero-order chi connectivity index (χ0) is 27.9. The van der Waals surface area contributed by atoms with Gasteiger partial charge in [0, 0.05) is 11.1 Å². The largest absolute Gasteiger partial charge is 0.292 e. The topological polar surface area (TPSA) is 81.7 Å². The van der Waals surface area contributed by atoms with Crippen LogP contribution in [-0.4, -0.2) is 11.6 Å². The first-order valence-electron chi connectivity index (χ1n) is 14.2. The van der Waals surface area contributed by atoms with Gasteiger partial charge in [-0.3, -0.25) is 9.59 Å². The molecule has 1 aromatic heterocycles. The average molecular weight is 539 g/mol. The molecule has 0 aliphatic rings. The zero-order valence-electron chi connectivity index (χ0n) is 23.0. The molecule has 3 aromatic rings. The van der Waals surface area contributed by atoms with Crippen molar-refractivity contribution in [3.63, 3.8) is 0 Å². The zero-order valence-corrected chi connectivity index (χ0v) is 23.8. The lowest BCUT2D eigenvalue weighted by atomic mass is 9.91. The van der Waals surface area contributed by atoms with Crippen molar-refractivity contribution in [2.24, 2.45) is 0 Å². The van der Waals surface area contributed by atoms with Crippen LogP contribution in [0.4, 0.5) is 0 Å². The first-order chi connectivity index (χ1) is 19.1. The highest BCUT2D eigenvalue weighted by Gasteiger charge is 2.27. The van der Waals surface area contributed by atoms with Crippen molar-refractivity contribution in [2.75, 3.05) is 0 Å². The van der Waals surface area contributed by atoms with Gasteiger partial charge in [-0.15, -0.1) is 11.3 Å². The van der Waals surface area contributed by atoms with Crippen LogP contribution in [0.3, 0.4) is 0 Å². The summed E-state index contributed by atoms with van der Waals surface area (Å²) < 4.78 is 0. The quantitative estimate of drug-likeness (QED) is 0.126. The number of hydrogen-bond acceptors (Lipinski definition) is 5. The standard InChI is InChI=1S/C34H38N2O2S/c1-2-3-4-5-6-7-8-9-10-12-15-26-18-20-28(21-19-26)32-31(27-16-13-11-14-17-27)33(29(37)22-24-35)39-34(32)30(38)23-25-36/h11,13-14,16-21H,2-10,12,15,22-23H2,1H3. The smallest absolute Gasteiger partial charge is 0.187 e. The number of carbonyl (C=O) groups is 2. The second-order valence-corrected chi connectivity index (χ2v) is 11.0. The lowest BCUT2D eigenvalue weighted by Crippen LogP contribution is -1.98. The third-order valence-corrected chi connectivity index (χ3v) is 8.29. The number of nitrogens with zero attached hydrogens (tertiary/aromatic N) is 2. The third kappa shape index (κ3) is 8.74. The fraction of sp³-hybridized carbons (Fsp3) is 0.412. The summed E-state index contributed by atoms with van der Waals surface area (Å²) in [5.74, 6) is -0.615. The van der Waals surface area contributed by atoms with Crippen LogP contribution in [0.5, 0.6) is 0 Å². The predicted molar refractivity (Wildman–Crippen MR) is 160 cm³/mol. The molecule has 0 radical (unpaired) electrons.